The summed E-state index contributed by atoms with van der Waals surface area (Å²) in [5.41, 5.74) is 4.85. The minimum atomic E-state index is -0.587. The fraction of sp³-hybridized carbons (Fsp3) is 0.333. The maximum Gasteiger partial charge on any atom is 0.286 e. The van der Waals surface area contributed by atoms with Crippen molar-refractivity contribution in [2.24, 2.45) is 5.73 Å². The second kappa shape index (κ2) is 3.00. The Morgan fingerprint density at radius 2 is 2.40 bits per heavy atom. The number of carbonyl (C=O) groups excluding carboxylic acids is 1. The topological polar surface area (TPSA) is 69.1 Å². The molecule has 0 saturated heterocycles. The molecule has 1 rings (SSSR count). The summed E-state index contributed by atoms with van der Waals surface area (Å²) < 4.78 is 4.76. The van der Waals surface area contributed by atoms with Gasteiger partial charge in [-0.25, -0.2) is 4.98 Å². The van der Waals surface area contributed by atoms with Crippen LogP contribution in [0.1, 0.15) is 23.9 Å². The first-order valence-electron chi connectivity index (χ1n) is 2.42. The molecule has 56 valence electrons. The molecular weight excluding hydrogens is 132 g/mol. The van der Waals surface area contributed by atoms with Crippen molar-refractivity contribution in [3.63, 3.8) is 0 Å². The Bertz CT molecular complexity index is 229. The van der Waals surface area contributed by atoms with E-state index in [0.717, 1.165) is 0 Å². The Morgan fingerprint density at radius 3 is 2.60 bits per heavy atom. The largest absolute Gasteiger partial charge is 0.436 e. The predicted octanol–water partition coefficient (Wildman–Crippen LogP) is 0.718. The van der Waals surface area contributed by atoms with Gasteiger partial charge in [0.2, 0.25) is 5.76 Å². The zero-order valence-corrected chi connectivity index (χ0v) is 4.92. The first-order valence-corrected chi connectivity index (χ1v) is 2.42. The van der Waals surface area contributed by atoms with Crippen LogP contribution in [0.25, 0.3) is 0 Å². The summed E-state index contributed by atoms with van der Waals surface area (Å²) in [5, 5.41) is 0. The number of rotatable bonds is 1. The molecule has 0 unspecified atom stereocenters. The molecule has 10 heavy (non-hydrogen) atoms. The molecule has 1 amide bonds. The Hall–Kier alpha value is -1.32. The number of hydrogen-bond donors (Lipinski definition) is 1. The van der Waals surface area contributed by atoms with Gasteiger partial charge in [0.15, 0.2) is 5.89 Å². The number of hydrogen-bond acceptors (Lipinski definition) is 3. The molecule has 4 nitrogen and oxygen atoms in total. The second-order valence-corrected chi connectivity index (χ2v) is 1.61. The van der Waals surface area contributed by atoms with Crippen LogP contribution in [0.5, 0.6) is 0 Å². The number of amides is 1. The third-order valence-corrected chi connectivity index (χ3v) is 0.864. The third kappa shape index (κ3) is 1.58. The number of oxazole rings is 1. The molecular formula is C6H10N2O2. The van der Waals surface area contributed by atoms with Crippen LogP contribution in [-0.4, -0.2) is 10.9 Å². The number of nitrogens with zero attached hydrogens (tertiary/aromatic N) is 1. The van der Waals surface area contributed by atoms with Gasteiger partial charge in [0.1, 0.15) is 0 Å². The summed E-state index contributed by atoms with van der Waals surface area (Å²) in [7, 11) is 0. The Kier molecular flexibility index (Phi) is 2.61. The quantitative estimate of drug-likeness (QED) is 0.628. The molecule has 0 aliphatic rings. The number of primary amides is 1. The van der Waals surface area contributed by atoms with Gasteiger partial charge < -0.3 is 10.2 Å². The first-order chi connectivity index (χ1) is 4.20. The van der Waals surface area contributed by atoms with Crippen molar-refractivity contribution >= 4 is 5.91 Å². The molecule has 1 heterocycles. The summed E-state index contributed by atoms with van der Waals surface area (Å²) >= 11 is 0. The maximum absolute atomic E-state index is 10.3. The lowest BCUT2D eigenvalue weighted by atomic mass is 10.5. The second-order valence-electron chi connectivity index (χ2n) is 1.61. The van der Waals surface area contributed by atoms with Gasteiger partial charge in [-0.15, -0.1) is 0 Å². The van der Waals surface area contributed by atoms with E-state index < -0.39 is 5.91 Å². The molecule has 0 fully saturated rings. The van der Waals surface area contributed by atoms with E-state index in [2.05, 4.69) is 4.98 Å². The molecule has 0 saturated carbocycles. The fourth-order valence-corrected chi connectivity index (χ4v) is 0.475. The van der Waals surface area contributed by atoms with Crippen LogP contribution in [0.2, 0.25) is 0 Å². The molecule has 2 N–H and O–H groups in total. The van der Waals surface area contributed by atoms with Crippen LogP contribution in [0.15, 0.2) is 10.6 Å². The summed E-state index contributed by atoms with van der Waals surface area (Å²) in [4.78, 5) is 14.0. The lowest BCUT2D eigenvalue weighted by molar-refractivity contribution is 0.0972. The zero-order chi connectivity index (χ0) is 6.85. The molecule has 1 aromatic rings. The van der Waals surface area contributed by atoms with Gasteiger partial charge >= 0.3 is 0 Å². The molecule has 0 radical (unpaired) electrons. The maximum atomic E-state index is 10.3. The highest BCUT2D eigenvalue weighted by Crippen LogP contribution is 1.99. The summed E-state index contributed by atoms with van der Waals surface area (Å²) in [6.45, 7) is 1.65. The third-order valence-electron chi connectivity index (χ3n) is 0.864. The summed E-state index contributed by atoms with van der Waals surface area (Å²) in [6, 6.07) is 0. The standard InChI is InChI=1S/C5H6N2O2.CH4/c1-3-7-2-4(9-3)5(6)8;/h2H,1H3,(H2,6,8);1H4. The average Bonchev–Trinajstić information content (AvgIpc) is 2.14. The molecule has 0 aliphatic carbocycles. The van der Waals surface area contributed by atoms with E-state index in [4.69, 9.17) is 10.2 Å². The zero-order valence-electron chi connectivity index (χ0n) is 4.92. The van der Waals surface area contributed by atoms with Gasteiger partial charge in [0.05, 0.1) is 6.20 Å². The molecule has 0 aliphatic heterocycles. The van der Waals surface area contributed by atoms with Crippen LogP contribution in [0, 0.1) is 6.92 Å². The number of aryl methyl sites for hydroxylation is 1. The van der Waals surface area contributed by atoms with E-state index in [-0.39, 0.29) is 13.2 Å². The van der Waals surface area contributed by atoms with Gasteiger partial charge in [-0.1, -0.05) is 7.43 Å². The monoisotopic (exact) mass is 142 g/mol. The van der Waals surface area contributed by atoms with Crippen molar-refractivity contribution in [2.45, 2.75) is 14.4 Å². The van der Waals surface area contributed by atoms with Crippen LogP contribution >= 0.6 is 0 Å². The molecule has 0 spiro atoms. The highest BCUT2D eigenvalue weighted by Gasteiger charge is 2.03. The number of carbonyl (C=O) groups is 1. The molecule has 4 heteroatoms. The highest BCUT2D eigenvalue weighted by molar-refractivity contribution is 5.89. The normalized spacial score (nSPS) is 8.50. The highest BCUT2D eigenvalue weighted by atomic mass is 16.4. The van der Waals surface area contributed by atoms with E-state index in [0.29, 0.717) is 5.89 Å². The predicted molar refractivity (Wildman–Crippen MR) is 36.5 cm³/mol. The van der Waals surface area contributed by atoms with Gasteiger partial charge in [0, 0.05) is 6.92 Å². The van der Waals surface area contributed by atoms with Crippen molar-refractivity contribution in [2.75, 3.05) is 0 Å². The minimum absolute atomic E-state index is 0. The van der Waals surface area contributed by atoms with E-state index >= 15 is 0 Å². The van der Waals surface area contributed by atoms with Crippen molar-refractivity contribution in [3.8, 4) is 0 Å². The van der Waals surface area contributed by atoms with Crippen LogP contribution in [0.4, 0.5) is 0 Å². The van der Waals surface area contributed by atoms with Gasteiger partial charge in [-0.05, 0) is 0 Å². The Balaban J connectivity index is 0.000000810. The van der Waals surface area contributed by atoms with Crippen molar-refractivity contribution in [1.82, 2.24) is 4.98 Å². The number of nitrogens with two attached hydrogens (primary N) is 1. The minimum Gasteiger partial charge on any atom is -0.436 e. The summed E-state index contributed by atoms with van der Waals surface area (Å²) in [6.07, 6.45) is 1.30. The lowest BCUT2D eigenvalue weighted by Crippen LogP contribution is -2.09. The van der Waals surface area contributed by atoms with E-state index in [1.807, 2.05) is 0 Å². The van der Waals surface area contributed by atoms with Crippen molar-refractivity contribution in [3.05, 3.63) is 17.8 Å². The first kappa shape index (κ1) is 8.68. The van der Waals surface area contributed by atoms with Crippen LogP contribution in [-0.2, 0) is 0 Å². The SMILES string of the molecule is C.Cc1ncc(C(N)=O)o1. The van der Waals surface area contributed by atoms with Crippen LogP contribution in [0.3, 0.4) is 0 Å². The van der Waals surface area contributed by atoms with Crippen molar-refractivity contribution < 1.29 is 9.21 Å². The van der Waals surface area contributed by atoms with Gasteiger partial charge in [-0.3, -0.25) is 4.79 Å². The van der Waals surface area contributed by atoms with Crippen molar-refractivity contribution in [1.29, 1.82) is 0 Å². The molecule has 1 aromatic heterocycles. The molecule has 0 bridgehead atoms. The average molecular weight is 142 g/mol. The van der Waals surface area contributed by atoms with E-state index in [1.165, 1.54) is 6.20 Å². The lowest BCUT2D eigenvalue weighted by Gasteiger charge is -1.81. The van der Waals surface area contributed by atoms with Crippen LogP contribution < -0.4 is 5.73 Å². The Labute approximate surface area is 59.0 Å². The molecule has 0 atom stereocenters. The van der Waals surface area contributed by atoms with E-state index in [9.17, 15) is 4.79 Å². The van der Waals surface area contributed by atoms with Gasteiger partial charge in [-0.2, -0.15) is 0 Å². The smallest absolute Gasteiger partial charge is 0.286 e. The number of aromatic nitrogens is 1. The van der Waals surface area contributed by atoms with E-state index in [1.54, 1.807) is 6.92 Å². The van der Waals surface area contributed by atoms with Gasteiger partial charge in [0.25, 0.3) is 5.91 Å². The molecule has 0 aromatic carbocycles. The fourth-order valence-electron chi connectivity index (χ4n) is 0.475. The summed E-state index contributed by atoms with van der Waals surface area (Å²) in [5.74, 6) is -0.0353. The Morgan fingerprint density at radius 1 is 1.80 bits per heavy atom.